The molecule has 0 bridgehead atoms. The van der Waals surface area contributed by atoms with Gasteiger partial charge in [-0.25, -0.2) is 5.06 Å². The number of amides is 1. The first-order chi connectivity index (χ1) is 8.16. The highest BCUT2D eigenvalue weighted by Crippen LogP contribution is 2.19. The maximum atomic E-state index is 11.7. The van der Waals surface area contributed by atoms with E-state index < -0.39 is 0 Å². The summed E-state index contributed by atoms with van der Waals surface area (Å²) in [6.07, 6.45) is 4.25. The molecule has 0 radical (unpaired) electrons. The summed E-state index contributed by atoms with van der Waals surface area (Å²) < 4.78 is 0.990. The summed E-state index contributed by atoms with van der Waals surface area (Å²) in [5.74, 6) is -0.102. The monoisotopic (exact) mass is 295 g/mol. The fraction of sp³-hybridized carbons (Fsp3) is 0.308. The molecule has 1 heterocycles. The van der Waals surface area contributed by atoms with E-state index in [2.05, 4.69) is 15.9 Å². The van der Waals surface area contributed by atoms with E-state index in [0.717, 1.165) is 16.5 Å². The number of benzene rings is 1. The van der Waals surface area contributed by atoms with E-state index in [-0.39, 0.29) is 5.91 Å². The Balaban J connectivity index is 2.06. The molecular formula is C13H14BrNO2. The Morgan fingerprint density at radius 2 is 2.35 bits per heavy atom. The van der Waals surface area contributed by atoms with E-state index in [0.29, 0.717) is 13.2 Å². The van der Waals surface area contributed by atoms with Gasteiger partial charge in [-0.2, -0.15) is 0 Å². The molecule has 1 aliphatic rings. The molecule has 0 unspecified atom stereocenters. The Bertz CT molecular complexity index is 451. The summed E-state index contributed by atoms with van der Waals surface area (Å²) in [5, 5.41) is 1.40. The van der Waals surface area contributed by atoms with Crippen molar-refractivity contribution in [2.75, 3.05) is 13.2 Å². The molecule has 1 amide bonds. The van der Waals surface area contributed by atoms with Crippen LogP contribution in [0.25, 0.3) is 6.08 Å². The van der Waals surface area contributed by atoms with Crippen LogP contribution in [0.15, 0.2) is 28.7 Å². The van der Waals surface area contributed by atoms with Gasteiger partial charge in [-0.05, 0) is 36.6 Å². The zero-order chi connectivity index (χ0) is 12.3. The SMILES string of the molecule is Cc1ccc(/C=C/C(=O)N2CCCO2)c(Br)c1. The smallest absolute Gasteiger partial charge is 0.270 e. The van der Waals surface area contributed by atoms with Crippen LogP contribution >= 0.6 is 15.9 Å². The zero-order valence-electron chi connectivity index (χ0n) is 9.65. The van der Waals surface area contributed by atoms with Crippen molar-refractivity contribution in [1.29, 1.82) is 0 Å². The number of halogens is 1. The van der Waals surface area contributed by atoms with Crippen LogP contribution in [0.2, 0.25) is 0 Å². The molecule has 2 rings (SSSR count). The van der Waals surface area contributed by atoms with Crippen molar-refractivity contribution in [3.8, 4) is 0 Å². The fourth-order valence-corrected chi connectivity index (χ4v) is 2.26. The summed E-state index contributed by atoms with van der Waals surface area (Å²) >= 11 is 3.47. The molecule has 3 nitrogen and oxygen atoms in total. The molecule has 90 valence electrons. The van der Waals surface area contributed by atoms with E-state index >= 15 is 0 Å². The highest BCUT2D eigenvalue weighted by molar-refractivity contribution is 9.10. The first-order valence-corrected chi connectivity index (χ1v) is 6.35. The number of carbonyl (C=O) groups excluding carboxylic acids is 1. The Morgan fingerprint density at radius 1 is 1.53 bits per heavy atom. The summed E-state index contributed by atoms with van der Waals surface area (Å²) in [6, 6.07) is 6.02. The number of carbonyl (C=O) groups is 1. The van der Waals surface area contributed by atoms with Gasteiger partial charge in [0.2, 0.25) is 0 Å². The van der Waals surface area contributed by atoms with Crippen LogP contribution in [0.3, 0.4) is 0 Å². The van der Waals surface area contributed by atoms with Crippen LogP contribution in [0, 0.1) is 6.92 Å². The predicted octanol–water partition coefficient (Wildman–Crippen LogP) is 2.93. The molecular weight excluding hydrogens is 282 g/mol. The number of hydrogen-bond acceptors (Lipinski definition) is 2. The second-order valence-electron chi connectivity index (χ2n) is 3.99. The van der Waals surface area contributed by atoms with Crippen molar-refractivity contribution in [1.82, 2.24) is 5.06 Å². The molecule has 1 aromatic carbocycles. The number of nitrogens with zero attached hydrogens (tertiary/aromatic N) is 1. The lowest BCUT2D eigenvalue weighted by Crippen LogP contribution is -2.24. The first kappa shape index (κ1) is 12.3. The van der Waals surface area contributed by atoms with E-state index in [4.69, 9.17) is 4.84 Å². The van der Waals surface area contributed by atoms with Gasteiger partial charge in [-0.15, -0.1) is 0 Å². The van der Waals surface area contributed by atoms with Crippen LogP contribution in [-0.2, 0) is 9.63 Å². The van der Waals surface area contributed by atoms with Crippen LogP contribution < -0.4 is 0 Å². The lowest BCUT2D eigenvalue weighted by molar-refractivity contribution is -0.162. The molecule has 1 aliphatic heterocycles. The van der Waals surface area contributed by atoms with Gasteiger partial charge in [-0.3, -0.25) is 9.63 Å². The van der Waals surface area contributed by atoms with Crippen molar-refractivity contribution in [2.24, 2.45) is 0 Å². The summed E-state index contributed by atoms with van der Waals surface area (Å²) in [7, 11) is 0. The summed E-state index contributed by atoms with van der Waals surface area (Å²) in [6.45, 7) is 3.34. The molecule has 0 spiro atoms. The van der Waals surface area contributed by atoms with Crippen LogP contribution in [-0.4, -0.2) is 24.1 Å². The van der Waals surface area contributed by atoms with Crippen molar-refractivity contribution in [3.05, 3.63) is 39.9 Å². The Labute approximate surface area is 109 Å². The number of aryl methyl sites for hydroxylation is 1. The van der Waals surface area contributed by atoms with Gasteiger partial charge < -0.3 is 0 Å². The first-order valence-electron chi connectivity index (χ1n) is 5.55. The van der Waals surface area contributed by atoms with Crippen LogP contribution in [0.5, 0.6) is 0 Å². The maximum Gasteiger partial charge on any atom is 0.270 e. The van der Waals surface area contributed by atoms with Gasteiger partial charge in [-0.1, -0.05) is 28.1 Å². The fourth-order valence-electron chi connectivity index (χ4n) is 1.63. The summed E-state index contributed by atoms with van der Waals surface area (Å²) in [5.41, 5.74) is 2.17. The molecule has 0 aliphatic carbocycles. The number of rotatable bonds is 2. The van der Waals surface area contributed by atoms with Crippen molar-refractivity contribution >= 4 is 27.9 Å². The number of hydroxylamine groups is 2. The van der Waals surface area contributed by atoms with Gasteiger partial charge in [0.05, 0.1) is 13.2 Å². The van der Waals surface area contributed by atoms with Gasteiger partial charge in [0.25, 0.3) is 5.91 Å². The minimum Gasteiger partial charge on any atom is -0.271 e. The van der Waals surface area contributed by atoms with E-state index in [9.17, 15) is 4.79 Å². The average molecular weight is 296 g/mol. The largest absolute Gasteiger partial charge is 0.271 e. The van der Waals surface area contributed by atoms with Crippen molar-refractivity contribution in [3.63, 3.8) is 0 Å². The third-order valence-corrected chi connectivity index (χ3v) is 3.25. The highest BCUT2D eigenvalue weighted by Gasteiger charge is 2.16. The van der Waals surface area contributed by atoms with Crippen molar-refractivity contribution < 1.29 is 9.63 Å². The molecule has 0 saturated carbocycles. The van der Waals surface area contributed by atoms with E-state index in [1.54, 1.807) is 12.2 Å². The second kappa shape index (κ2) is 5.47. The molecule has 1 fully saturated rings. The number of hydrogen-bond donors (Lipinski definition) is 0. The van der Waals surface area contributed by atoms with Gasteiger partial charge in [0.15, 0.2) is 0 Å². The molecule has 17 heavy (non-hydrogen) atoms. The lowest BCUT2D eigenvalue weighted by atomic mass is 10.1. The van der Waals surface area contributed by atoms with Gasteiger partial charge in [0, 0.05) is 10.5 Å². The third-order valence-electron chi connectivity index (χ3n) is 2.56. The predicted molar refractivity (Wildman–Crippen MR) is 70.2 cm³/mol. The molecule has 1 aromatic rings. The third kappa shape index (κ3) is 3.17. The van der Waals surface area contributed by atoms with Gasteiger partial charge >= 0.3 is 0 Å². The van der Waals surface area contributed by atoms with Crippen LogP contribution in [0.1, 0.15) is 17.5 Å². The van der Waals surface area contributed by atoms with E-state index in [1.165, 1.54) is 10.6 Å². The minimum absolute atomic E-state index is 0.102. The quantitative estimate of drug-likeness (QED) is 0.785. The topological polar surface area (TPSA) is 29.5 Å². The average Bonchev–Trinajstić information content (AvgIpc) is 2.81. The molecule has 0 N–H and O–H groups in total. The maximum absolute atomic E-state index is 11.7. The minimum atomic E-state index is -0.102. The Kier molecular flexibility index (Phi) is 3.97. The molecule has 1 saturated heterocycles. The molecule has 0 aromatic heterocycles. The Morgan fingerprint density at radius 3 is 3.00 bits per heavy atom. The standard InChI is InChI=1S/C13H14BrNO2/c1-10-3-4-11(12(14)9-10)5-6-13(16)15-7-2-8-17-15/h3-6,9H,2,7-8H2,1H3/b6-5+. The second-order valence-corrected chi connectivity index (χ2v) is 4.84. The Hall–Kier alpha value is -1.13. The zero-order valence-corrected chi connectivity index (χ0v) is 11.2. The lowest BCUT2D eigenvalue weighted by Gasteiger charge is -2.10. The highest BCUT2D eigenvalue weighted by atomic mass is 79.9. The van der Waals surface area contributed by atoms with E-state index in [1.807, 2.05) is 25.1 Å². The summed E-state index contributed by atoms with van der Waals surface area (Å²) in [4.78, 5) is 16.9. The van der Waals surface area contributed by atoms with Gasteiger partial charge in [0.1, 0.15) is 0 Å². The van der Waals surface area contributed by atoms with Crippen LogP contribution in [0.4, 0.5) is 0 Å². The van der Waals surface area contributed by atoms with Crippen molar-refractivity contribution in [2.45, 2.75) is 13.3 Å². The normalized spacial score (nSPS) is 15.8. The molecule has 4 heteroatoms. The molecule has 0 atom stereocenters.